The largest absolute Gasteiger partial charge is 0.355 e. The van der Waals surface area contributed by atoms with Crippen LogP contribution in [0.5, 0.6) is 0 Å². The minimum Gasteiger partial charge on any atom is -0.355 e. The van der Waals surface area contributed by atoms with E-state index in [-0.39, 0.29) is 30.3 Å². The Balaban J connectivity index is 1.99. The molecule has 1 aromatic heterocycles. The lowest BCUT2D eigenvalue weighted by Crippen LogP contribution is -2.38. The second kappa shape index (κ2) is 7.17. The number of para-hydroxylation sites is 2. The van der Waals surface area contributed by atoms with Gasteiger partial charge in [-0.25, -0.2) is 0 Å². The molecule has 0 saturated carbocycles. The van der Waals surface area contributed by atoms with Crippen LogP contribution in [0.1, 0.15) is 6.92 Å². The van der Waals surface area contributed by atoms with Crippen LogP contribution in [0.25, 0.3) is 21.8 Å². The Hall–Kier alpha value is -3.15. The molecular weight excluding hydrogens is 318 g/mol. The van der Waals surface area contributed by atoms with Crippen molar-refractivity contribution >= 4 is 33.6 Å². The highest BCUT2D eigenvalue weighted by Crippen LogP contribution is 2.18. The Kier molecular flexibility index (Phi) is 4.79. The Morgan fingerprint density at radius 2 is 1.44 bits per heavy atom. The molecule has 1 heterocycles. The quantitative estimate of drug-likeness (QED) is 0.691. The van der Waals surface area contributed by atoms with Crippen molar-refractivity contribution in [2.75, 3.05) is 13.1 Å². The first-order valence-electron chi connectivity index (χ1n) is 8.15. The van der Waals surface area contributed by atoms with Gasteiger partial charge in [-0.05, 0) is 31.2 Å². The number of likely N-dealkylation sites (N-methyl/N-ethyl adjacent to an activating group) is 1. The molecule has 2 N–H and O–H groups in total. The van der Waals surface area contributed by atoms with Crippen LogP contribution in [0.15, 0.2) is 53.3 Å². The summed E-state index contributed by atoms with van der Waals surface area (Å²) in [6.07, 6.45) is 0. The number of carbonyl (C=O) groups is 2. The second-order valence-corrected chi connectivity index (χ2v) is 5.68. The summed E-state index contributed by atoms with van der Waals surface area (Å²) in [6, 6.07) is 14.4. The van der Waals surface area contributed by atoms with E-state index in [0.29, 0.717) is 28.4 Å². The number of carbonyl (C=O) groups excluding carboxylic acids is 2. The zero-order valence-corrected chi connectivity index (χ0v) is 13.9. The molecule has 6 heteroatoms. The summed E-state index contributed by atoms with van der Waals surface area (Å²) in [5.74, 6) is -0.518. The fourth-order valence-corrected chi connectivity index (χ4v) is 2.89. The zero-order valence-electron chi connectivity index (χ0n) is 13.9. The Morgan fingerprint density at radius 1 is 0.880 bits per heavy atom. The standard InChI is InChI=1S/C19H19N3O3/c1-2-20-17(23)11-21-18(24)12-22-15-9-5-3-7-13(15)19(25)14-8-4-6-10-16(14)22/h3-10H,2,11-12H2,1H3,(H,20,23)(H,21,24). The predicted molar refractivity (Wildman–Crippen MR) is 97.4 cm³/mol. The van der Waals surface area contributed by atoms with Gasteiger partial charge in [0.05, 0.1) is 17.6 Å². The van der Waals surface area contributed by atoms with Crippen LogP contribution in [-0.4, -0.2) is 29.5 Å². The van der Waals surface area contributed by atoms with Gasteiger partial charge in [0, 0.05) is 17.3 Å². The van der Waals surface area contributed by atoms with Crippen LogP contribution in [0.4, 0.5) is 0 Å². The number of hydrogen-bond acceptors (Lipinski definition) is 3. The number of nitrogens with zero attached hydrogens (tertiary/aromatic N) is 1. The first kappa shape index (κ1) is 16.7. The van der Waals surface area contributed by atoms with Crippen molar-refractivity contribution in [3.05, 3.63) is 58.8 Å². The molecular formula is C19H19N3O3. The first-order chi connectivity index (χ1) is 12.1. The molecule has 0 aliphatic rings. The molecule has 0 spiro atoms. The summed E-state index contributed by atoms with van der Waals surface area (Å²) in [7, 11) is 0. The maximum Gasteiger partial charge on any atom is 0.240 e. The first-order valence-corrected chi connectivity index (χ1v) is 8.15. The number of aromatic nitrogens is 1. The van der Waals surface area contributed by atoms with Gasteiger partial charge < -0.3 is 15.2 Å². The Bertz CT molecular complexity index is 948. The normalized spacial score (nSPS) is 10.8. The van der Waals surface area contributed by atoms with E-state index < -0.39 is 0 Å². The van der Waals surface area contributed by atoms with Gasteiger partial charge in [0.25, 0.3) is 0 Å². The summed E-state index contributed by atoms with van der Waals surface area (Å²) in [6.45, 7) is 2.30. The van der Waals surface area contributed by atoms with Crippen LogP contribution in [0.3, 0.4) is 0 Å². The molecule has 6 nitrogen and oxygen atoms in total. The number of amides is 2. The molecule has 0 fully saturated rings. The van der Waals surface area contributed by atoms with Crippen molar-refractivity contribution in [3.8, 4) is 0 Å². The molecule has 2 aromatic carbocycles. The minimum atomic E-state index is -0.287. The van der Waals surface area contributed by atoms with Crippen molar-refractivity contribution in [1.29, 1.82) is 0 Å². The van der Waals surface area contributed by atoms with E-state index in [2.05, 4.69) is 10.6 Å². The summed E-state index contributed by atoms with van der Waals surface area (Å²) in [5, 5.41) is 6.37. The van der Waals surface area contributed by atoms with E-state index >= 15 is 0 Å². The number of rotatable bonds is 5. The van der Waals surface area contributed by atoms with E-state index in [1.807, 2.05) is 31.2 Å². The molecule has 0 saturated heterocycles. The smallest absolute Gasteiger partial charge is 0.240 e. The van der Waals surface area contributed by atoms with E-state index in [0.717, 1.165) is 0 Å². The highest BCUT2D eigenvalue weighted by molar-refractivity contribution is 5.95. The molecule has 3 aromatic rings. The fourth-order valence-electron chi connectivity index (χ4n) is 2.89. The zero-order chi connectivity index (χ0) is 17.8. The van der Waals surface area contributed by atoms with Crippen molar-refractivity contribution in [2.24, 2.45) is 0 Å². The van der Waals surface area contributed by atoms with Gasteiger partial charge in [-0.3, -0.25) is 14.4 Å². The van der Waals surface area contributed by atoms with Gasteiger partial charge in [-0.2, -0.15) is 0 Å². The van der Waals surface area contributed by atoms with E-state index in [4.69, 9.17) is 0 Å². The lowest BCUT2D eigenvalue weighted by molar-refractivity contribution is -0.126. The predicted octanol–water partition coefficient (Wildman–Crippen LogP) is 1.41. The van der Waals surface area contributed by atoms with Crippen LogP contribution in [-0.2, 0) is 16.1 Å². The summed E-state index contributed by atoms with van der Waals surface area (Å²) < 4.78 is 1.80. The highest BCUT2D eigenvalue weighted by atomic mass is 16.2. The molecule has 3 rings (SSSR count). The molecule has 128 valence electrons. The van der Waals surface area contributed by atoms with Crippen molar-refractivity contribution in [1.82, 2.24) is 15.2 Å². The van der Waals surface area contributed by atoms with Gasteiger partial charge >= 0.3 is 0 Å². The molecule has 0 atom stereocenters. The number of benzene rings is 2. The monoisotopic (exact) mass is 337 g/mol. The number of nitrogens with one attached hydrogen (secondary N) is 2. The number of pyridine rings is 1. The van der Waals surface area contributed by atoms with Crippen molar-refractivity contribution in [3.63, 3.8) is 0 Å². The average Bonchev–Trinajstić information content (AvgIpc) is 2.64. The summed E-state index contributed by atoms with van der Waals surface area (Å²) in [5.41, 5.74) is 1.34. The molecule has 25 heavy (non-hydrogen) atoms. The van der Waals surface area contributed by atoms with Crippen LogP contribution < -0.4 is 16.1 Å². The number of hydrogen-bond donors (Lipinski definition) is 2. The lowest BCUT2D eigenvalue weighted by Gasteiger charge is -2.15. The van der Waals surface area contributed by atoms with Gasteiger partial charge in [0.1, 0.15) is 6.54 Å². The highest BCUT2D eigenvalue weighted by Gasteiger charge is 2.13. The van der Waals surface area contributed by atoms with Gasteiger partial charge in [-0.1, -0.05) is 24.3 Å². The van der Waals surface area contributed by atoms with Gasteiger partial charge in [0.2, 0.25) is 11.8 Å². The molecule has 0 aliphatic heterocycles. The van der Waals surface area contributed by atoms with E-state index in [9.17, 15) is 14.4 Å². The Labute approximate surface area is 144 Å². The van der Waals surface area contributed by atoms with Crippen molar-refractivity contribution < 1.29 is 9.59 Å². The average molecular weight is 337 g/mol. The van der Waals surface area contributed by atoms with E-state index in [1.54, 1.807) is 28.8 Å². The maximum atomic E-state index is 12.6. The van der Waals surface area contributed by atoms with E-state index in [1.165, 1.54) is 0 Å². The SMILES string of the molecule is CCNC(=O)CNC(=O)Cn1c2ccccc2c(=O)c2ccccc21. The molecule has 0 aliphatic carbocycles. The van der Waals surface area contributed by atoms with Gasteiger partial charge in [-0.15, -0.1) is 0 Å². The van der Waals surface area contributed by atoms with Crippen LogP contribution in [0, 0.1) is 0 Å². The fraction of sp³-hybridized carbons (Fsp3) is 0.211. The van der Waals surface area contributed by atoms with Crippen molar-refractivity contribution in [2.45, 2.75) is 13.5 Å². The lowest BCUT2D eigenvalue weighted by atomic mass is 10.1. The molecule has 0 unspecified atom stereocenters. The topological polar surface area (TPSA) is 80.2 Å². The molecule has 2 amide bonds. The molecule has 0 radical (unpaired) electrons. The summed E-state index contributed by atoms with van der Waals surface area (Å²) in [4.78, 5) is 36.4. The van der Waals surface area contributed by atoms with Gasteiger partial charge in [0.15, 0.2) is 5.43 Å². The van der Waals surface area contributed by atoms with Crippen LogP contribution in [0.2, 0.25) is 0 Å². The third-order valence-corrected chi connectivity index (χ3v) is 4.00. The second-order valence-electron chi connectivity index (χ2n) is 5.68. The number of fused-ring (bicyclic) bond motifs is 2. The minimum absolute atomic E-state index is 0.0285. The molecule has 0 bridgehead atoms. The summed E-state index contributed by atoms with van der Waals surface area (Å²) >= 11 is 0. The Morgan fingerprint density at radius 3 is 2.00 bits per heavy atom. The third kappa shape index (κ3) is 3.38. The maximum absolute atomic E-state index is 12.6. The van der Waals surface area contributed by atoms with Crippen LogP contribution >= 0.6 is 0 Å². The third-order valence-electron chi connectivity index (χ3n) is 4.00.